The quantitative estimate of drug-likeness (QED) is 0.497. The standard InChI is InChI=1S/C13H19N3O2/c1-13(2)6-8-15(9-7-13)11-5-3-4-10(14)12(11)16(17)18/h3-5H,6-9,14H2,1-2H3. The highest BCUT2D eigenvalue weighted by Crippen LogP contribution is 2.38. The summed E-state index contributed by atoms with van der Waals surface area (Å²) < 4.78 is 0. The molecule has 2 N–H and O–H groups in total. The Morgan fingerprint density at radius 2 is 1.94 bits per heavy atom. The molecule has 1 heterocycles. The van der Waals surface area contributed by atoms with Gasteiger partial charge in [0, 0.05) is 13.1 Å². The van der Waals surface area contributed by atoms with Crippen molar-refractivity contribution in [3.8, 4) is 0 Å². The normalized spacial score (nSPS) is 18.7. The summed E-state index contributed by atoms with van der Waals surface area (Å²) >= 11 is 0. The van der Waals surface area contributed by atoms with E-state index in [1.165, 1.54) is 0 Å². The third-order valence-electron chi connectivity index (χ3n) is 3.69. The molecule has 1 aliphatic rings. The van der Waals surface area contributed by atoms with Crippen LogP contribution in [0.3, 0.4) is 0 Å². The molecule has 0 unspecified atom stereocenters. The average molecular weight is 249 g/mol. The van der Waals surface area contributed by atoms with Crippen molar-refractivity contribution in [2.75, 3.05) is 23.7 Å². The van der Waals surface area contributed by atoms with E-state index in [1.807, 2.05) is 0 Å². The van der Waals surface area contributed by atoms with Gasteiger partial charge >= 0.3 is 5.69 Å². The molecule has 0 amide bonds. The Kier molecular flexibility index (Phi) is 3.15. The zero-order valence-corrected chi connectivity index (χ0v) is 10.8. The Bertz CT molecular complexity index is 461. The number of rotatable bonds is 2. The molecule has 2 rings (SSSR count). The van der Waals surface area contributed by atoms with Gasteiger partial charge in [-0.05, 0) is 30.4 Å². The fourth-order valence-electron chi connectivity index (χ4n) is 2.36. The van der Waals surface area contributed by atoms with E-state index in [0.717, 1.165) is 25.9 Å². The maximum absolute atomic E-state index is 11.1. The number of nitro groups is 1. The van der Waals surface area contributed by atoms with Crippen molar-refractivity contribution in [3.63, 3.8) is 0 Å². The molecule has 5 heteroatoms. The molecule has 1 saturated heterocycles. The van der Waals surface area contributed by atoms with Crippen LogP contribution < -0.4 is 10.6 Å². The van der Waals surface area contributed by atoms with Crippen molar-refractivity contribution in [1.82, 2.24) is 0 Å². The van der Waals surface area contributed by atoms with Crippen molar-refractivity contribution >= 4 is 17.1 Å². The lowest BCUT2D eigenvalue weighted by molar-refractivity contribution is -0.383. The Balaban J connectivity index is 2.30. The van der Waals surface area contributed by atoms with Gasteiger partial charge in [-0.25, -0.2) is 0 Å². The van der Waals surface area contributed by atoms with Crippen LogP contribution in [0, 0.1) is 15.5 Å². The summed E-state index contributed by atoms with van der Waals surface area (Å²) in [5, 5.41) is 11.1. The molecular weight excluding hydrogens is 230 g/mol. The van der Waals surface area contributed by atoms with Crippen LogP contribution in [-0.4, -0.2) is 18.0 Å². The second-order valence-corrected chi connectivity index (χ2v) is 5.62. The number of hydrogen-bond donors (Lipinski definition) is 1. The topological polar surface area (TPSA) is 72.4 Å². The van der Waals surface area contributed by atoms with Gasteiger partial charge in [0.15, 0.2) is 0 Å². The van der Waals surface area contributed by atoms with Gasteiger partial charge in [-0.3, -0.25) is 10.1 Å². The maximum Gasteiger partial charge on any atom is 0.315 e. The molecule has 5 nitrogen and oxygen atoms in total. The number of anilines is 2. The summed E-state index contributed by atoms with van der Waals surface area (Å²) in [4.78, 5) is 12.8. The zero-order chi connectivity index (χ0) is 13.3. The average Bonchev–Trinajstić information content (AvgIpc) is 2.28. The fourth-order valence-corrected chi connectivity index (χ4v) is 2.36. The minimum absolute atomic E-state index is 0.0391. The van der Waals surface area contributed by atoms with Crippen molar-refractivity contribution in [2.24, 2.45) is 5.41 Å². The van der Waals surface area contributed by atoms with Gasteiger partial charge in [0.2, 0.25) is 0 Å². The Labute approximate surface area is 107 Å². The van der Waals surface area contributed by atoms with Gasteiger partial charge in [0.05, 0.1) is 4.92 Å². The van der Waals surface area contributed by atoms with E-state index >= 15 is 0 Å². The first-order valence-corrected chi connectivity index (χ1v) is 6.18. The molecule has 1 aliphatic heterocycles. The number of piperidine rings is 1. The first-order valence-electron chi connectivity index (χ1n) is 6.18. The van der Waals surface area contributed by atoms with E-state index in [2.05, 4.69) is 18.7 Å². The van der Waals surface area contributed by atoms with Crippen LogP contribution >= 0.6 is 0 Å². The van der Waals surface area contributed by atoms with Crippen LogP contribution in [0.15, 0.2) is 18.2 Å². The summed E-state index contributed by atoms with van der Waals surface area (Å²) in [6.45, 7) is 6.16. The molecule has 1 fully saturated rings. The van der Waals surface area contributed by atoms with Crippen molar-refractivity contribution < 1.29 is 4.92 Å². The van der Waals surface area contributed by atoms with Gasteiger partial charge in [-0.15, -0.1) is 0 Å². The minimum atomic E-state index is -0.385. The van der Waals surface area contributed by atoms with Crippen molar-refractivity contribution in [2.45, 2.75) is 26.7 Å². The summed E-state index contributed by atoms with van der Waals surface area (Å²) in [6.07, 6.45) is 2.08. The monoisotopic (exact) mass is 249 g/mol. The van der Waals surface area contributed by atoms with Crippen LogP contribution in [0.4, 0.5) is 17.1 Å². The van der Waals surface area contributed by atoms with Crippen LogP contribution in [0.25, 0.3) is 0 Å². The summed E-state index contributed by atoms with van der Waals surface area (Å²) in [7, 11) is 0. The lowest BCUT2D eigenvalue weighted by Gasteiger charge is -2.37. The van der Waals surface area contributed by atoms with Gasteiger partial charge in [0.1, 0.15) is 11.4 Å². The molecular formula is C13H19N3O2. The highest BCUT2D eigenvalue weighted by atomic mass is 16.6. The molecule has 98 valence electrons. The molecule has 0 radical (unpaired) electrons. The number of nitrogen functional groups attached to an aromatic ring is 1. The predicted octanol–water partition coefficient (Wildman–Crippen LogP) is 2.80. The highest BCUT2D eigenvalue weighted by molar-refractivity contribution is 5.75. The van der Waals surface area contributed by atoms with Gasteiger partial charge in [0.25, 0.3) is 0 Å². The van der Waals surface area contributed by atoms with E-state index in [-0.39, 0.29) is 16.3 Å². The second-order valence-electron chi connectivity index (χ2n) is 5.62. The third kappa shape index (κ3) is 2.39. The lowest BCUT2D eigenvalue weighted by atomic mass is 9.82. The zero-order valence-electron chi connectivity index (χ0n) is 10.8. The predicted molar refractivity (Wildman–Crippen MR) is 72.7 cm³/mol. The number of nitro benzene ring substituents is 1. The molecule has 0 aliphatic carbocycles. The molecule has 0 spiro atoms. The first-order chi connectivity index (χ1) is 8.41. The molecule has 1 aromatic rings. The summed E-state index contributed by atoms with van der Waals surface area (Å²) in [6, 6.07) is 5.14. The smallest absolute Gasteiger partial charge is 0.315 e. The number of benzene rings is 1. The van der Waals surface area contributed by atoms with E-state index < -0.39 is 0 Å². The SMILES string of the molecule is CC1(C)CCN(c2cccc(N)c2[N+](=O)[O-])CC1. The number of nitrogens with two attached hydrogens (primary N) is 1. The molecule has 0 aromatic heterocycles. The molecule has 18 heavy (non-hydrogen) atoms. The Hall–Kier alpha value is -1.78. The van der Waals surface area contributed by atoms with E-state index in [1.54, 1.807) is 18.2 Å². The molecule has 0 atom stereocenters. The largest absolute Gasteiger partial charge is 0.393 e. The lowest BCUT2D eigenvalue weighted by Crippen LogP contribution is -2.37. The number of hydrogen-bond acceptors (Lipinski definition) is 4. The van der Waals surface area contributed by atoms with E-state index in [9.17, 15) is 10.1 Å². The van der Waals surface area contributed by atoms with Crippen LogP contribution in [0.2, 0.25) is 0 Å². The second kappa shape index (κ2) is 4.48. The Morgan fingerprint density at radius 3 is 2.50 bits per heavy atom. The van der Waals surface area contributed by atoms with E-state index in [4.69, 9.17) is 5.73 Å². The Morgan fingerprint density at radius 1 is 1.33 bits per heavy atom. The summed E-state index contributed by atoms with van der Waals surface area (Å²) in [5.74, 6) is 0. The van der Waals surface area contributed by atoms with Crippen LogP contribution in [0.5, 0.6) is 0 Å². The fraction of sp³-hybridized carbons (Fsp3) is 0.538. The highest BCUT2D eigenvalue weighted by Gasteiger charge is 2.29. The van der Waals surface area contributed by atoms with Crippen LogP contribution in [0.1, 0.15) is 26.7 Å². The van der Waals surface area contributed by atoms with Crippen molar-refractivity contribution in [3.05, 3.63) is 28.3 Å². The molecule has 0 saturated carbocycles. The van der Waals surface area contributed by atoms with Gasteiger partial charge < -0.3 is 10.6 Å². The van der Waals surface area contributed by atoms with Crippen molar-refractivity contribution in [1.29, 1.82) is 0 Å². The van der Waals surface area contributed by atoms with E-state index in [0.29, 0.717) is 11.1 Å². The summed E-state index contributed by atoms with van der Waals surface area (Å²) in [5.41, 5.74) is 6.96. The third-order valence-corrected chi connectivity index (χ3v) is 3.69. The van der Waals surface area contributed by atoms with Crippen LogP contribution in [-0.2, 0) is 0 Å². The molecule has 1 aromatic carbocycles. The molecule has 0 bridgehead atoms. The number of para-hydroxylation sites is 1. The first kappa shape index (κ1) is 12.7. The minimum Gasteiger partial charge on any atom is -0.393 e. The number of nitrogens with zero attached hydrogens (tertiary/aromatic N) is 2. The van der Waals surface area contributed by atoms with Gasteiger partial charge in [-0.2, -0.15) is 0 Å². The van der Waals surface area contributed by atoms with Gasteiger partial charge in [-0.1, -0.05) is 19.9 Å². The maximum atomic E-state index is 11.1.